The van der Waals surface area contributed by atoms with E-state index in [1.165, 1.54) is 0 Å². The van der Waals surface area contributed by atoms with E-state index in [1.54, 1.807) is 12.1 Å². The summed E-state index contributed by atoms with van der Waals surface area (Å²) >= 11 is 0. The average molecular weight is 177 g/mol. The monoisotopic (exact) mass is 177 g/mol. The molecule has 0 heterocycles. The lowest BCUT2D eigenvalue weighted by Gasteiger charge is -1.98. The van der Waals surface area contributed by atoms with Crippen LogP contribution < -0.4 is 5.73 Å². The fourth-order valence-electron chi connectivity index (χ4n) is 1.47. The van der Waals surface area contributed by atoms with Gasteiger partial charge in [-0.1, -0.05) is 12.1 Å². The zero-order valence-electron chi connectivity index (χ0n) is 7.10. The topological polar surface area (TPSA) is 63.3 Å². The molecule has 3 nitrogen and oxygen atoms in total. The lowest BCUT2D eigenvalue weighted by atomic mass is 10.1. The second kappa shape index (κ2) is 2.85. The summed E-state index contributed by atoms with van der Waals surface area (Å²) in [5.41, 5.74) is 7.16. The van der Waals surface area contributed by atoms with Crippen LogP contribution in [-0.4, -0.2) is 17.1 Å². The maximum atomic E-state index is 10.5. The average Bonchev–Trinajstić information content (AvgIpc) is 2.83. The van der Waals surface area contributed by atoms with Crippen molar-refractivity contribution in [2.45, 2.75) is 18.4 Å². The van der Waals surface area contributed by atoms with Crippen molar-refractivity contribution in [3.05, 3.63) is 35.4 Å². The molecule has 2 atom stereocenters. The van der Waals surface area contributed by atoms with Gasteiger partial charge in [-0.25, -0.2) is 4.79 Å². The van der Waals surface area contributed by atoms with E-state index in [4.69, 9.17) is 10.8 Å². The minimum Gasteiger partial charge on any atom is -0.478 e. The molecule has 0 spiro atoms. The van der Waals surface area contributed by atoms with Gasteiger partial charge < -0.3 is 10.8 Å². The first-order chi connectivity index (χ1) is 6.18. The van der Waals surface area contributed by atoms with Crippen LogP contribution in [0.25, 0.3) is 0 Å². The second-order valence-corrected chi connectivity index (χ2v) is 3.43. The van der Waals surface area contributed by atoms with Crippen molar-refractivity contribution >= 4 is 5.97 Å². The van der Waals surface area contributed by atoms with Crippen molar-refractivity contribution in [2.24, 2.45) is 5.73 Å². The third-order valence-corrected chi connectivity index (χ3v) is 2.43. The number of carboxylic acids is 1. The Morgan fingerprint density at radius 2 is 1.92 bits per heavy atom. The molecule has 0 saturated heterocycles. The first-order valence-electron chi connectivity index (χ1n) is 4.27. The van der Waals surface area contributed by atoms with Gasteiger partial charge in [-0.15, -0.1) is 0 Å². The van der Waals surface area contributed by atoms with Crippen LogP contribution in [-0.2, 0) is 0 Å². The molecule has 3 N–H and O–H groups in total. The number of carboxylic acid groups (broad SMARTS) is 1. The van der Waals surface area contributed by atoms with Crippen molar-refractivity contribution in [3.63, 3.8) is 0 Å². The lowest BCUT2D eigenvalue weighted by molar-refractivity contribution is 0.0697. The van der Waals surface area contributed by atoms with E-state index in [9.17, 15) is 4.79 Å². The highest BCUT2D eigenvalue weighted by Crippen LogP contribution is 2.38. The molecule has 2 rings (SSSR count). The van der Waals surface area contributed by atoms with Gasteiger partial charge in [0.1, 0.15) is 0 Å². The lowest BCUT2D eigenvalue weighted by Crippen LogP contribution is -2.01. The molecule has 0 radical (unpaired) electrons. The number of nitrogens with two attached hydrogens (primary N) is 1. The summed E-state index contributed by atoms with van der Waals surface area (Å²) in [7, 11) is 0. The van der Waals surface area contributed by atoms with Gasteiger partial charge in [-0.2, -0.15) is 0 Å². The highest BCUT2D eigenvalue weighted by atomic mass is 16.4. The molecule has 68 valence electrons. The smallest absolute Gasteiger partial charge is 0.335 e. The number of aromatic carboxylic acids is 1. The molecule has 1 fully saturated rings. The van der Waals surface area contributed by atoms with E-state index in [-0.39, 0.29) is 6.04 Å². The van der Waals surface area contributed by atoms with Crippen molar-refractivity contribution in [3.8, 4) is 0 Å². The SMILES string of the molecule is N[C@@H]1C[C@H]1c1ccc(C(=O)O)cc1. The fourth-order valence-corrected chi connectivity index (χ4v) is 1.47. The van der Waals surface area contributed by atoms with Crippen molar-refractivity contribution in [1.82, 2.24) is 0 Å². The minimum atomic E-state index is -0.883. The predicted octanol–water partition coefficient (Wildman–Crippen LogP) is 1.20. The Kier molecular flexibility index (Phi) is 1.81. The van der Waals surface area contributed by atoms with Crippen LogP contribution in [0.3, 0.4) is 0 Å². The van der Waals surface area contributed by atoms with Crippen LogP contribution in [0, 0.1) is 0 Å². The molecule has 0 amide bonds. The highest BCUT2D eigenvalue weighted by Gasteiger charge is 2.34. The van der Waals surface area contributed by atoms with Crippen LogP contribution in [0.15, 0.2) is 24.3 Å². The van der Waals surface area contributed by atoms with Gasteiger partial charge in [0.2, 0.25) is 0 Å². The summed E-state index contributed by atoms with van der Waals surface area (Å²) < 4.78 is 0. The Bertz CT molecular complexity index is 331. The van der Waals surface area contributed by atoms with Gasteiger partial charge in [0.15, 0.2) is 0 Å². The zero-order chi connectivity index (χ0) is 9.42. The first kappa shape index (κ1) is 8.26. The summed E-state index contributed by atoms with van der Waals surface area (Å²) in [6.45, 7) is 0. The Hall–Kier alpha value is -1.35. The molecule has 0 bridgehead atoms. The fraction of sp³-hybridized carbons (Fsp3) is 0.300. The van der Waals surface area contributed by atoms with Crippen LogP contribution in [0.1, 0.15) is 28.3 Å². The number of hydrogen-bond donors (Lipinski definition) is 2. The van der Waals surface area contributed by atoms with Gasteiger partial charge in [0, 0.05) is 12.0 Å². The summed E-state index contributed by atoms with van der Waals surface area (Å²) in [6.07, 6.45) is 1.02. The Labute approximate surface area is 76.2 Å². The second-order valence-electron chi connectivity index (χ2n) is 3.43. The first-order valence-corrected chi connectivity index (χ1v) is 4.27. The molecule has 13 heavy (non-hydrogen) atoms. The van der Waals surface area contributed by atoms with Crippen molar-refractivity contribution < 1.29 is 9.90 Å². The van der Waals surface area contributed by atoms with Crippen LogP contribution in [0.5, 0.6) is 0 Å². The van der Waals surface area contributed by atoms with E-state index < -0.39 is 5.97 Å². The van der Waals surface area contributed by atoms with E-state index in [0.717, 1.165) is 12.0 Å². The van der Waals surface area contributed by atoms with Crippen molar-refractivity contribution in [2.75, 3.05) is 0 Å². The molecule has 3 heteroatoms. The van der Waals surface area contributed by atoms with Gasteiger partial charge in [0.05, 0.1) is 5.56 Å². The molecular weight excluding hydrogens is 166 g/mol. The Morgan fingerprint density at radius 1 is 1.38 bits per heavy atom. The maximum absolute atomic E-state index is 10.5. The molecule has 1 aromatic rings. The Morgan fingerprint density at radius 3 is 2.31 bits per heavy atom. The van der Waals surface area contributed by atoms with E-state index >= 15 is 0 Å². The van der Waals surface area contributed by atoms with Gasteiger partial charge in [0.25, 0.3) is 0 Å². The third kappa shape index (κ3) is 1.55. The van der Waals surface area contributed by atoms with Crippen molar-refractivity contribution in [1.29, 1.82) is 0 Å². The molecule has 1 aromatic carbocycles. The largest absolute Gasteiger partial charge is 0.478 e. The minimum absolute atomic E-state index is 0.274. The predicted molar refractivity (Wildman–Crippen MR) is 48.7 cm³/mol. The third-order valence-electron chi connectivity index (χ3n) is 2.43. The van der Waals surface area contributed by atoms with E-state index in [1.807, 2.05) is 12.1 Å². The zero-order valence-corrected chi connectivity index (χ0v) is 7.10. The number of carbonyl (C=O) groups is 1. The van der Waals surface area contributed by atoms with Crippen LogP contribution in [0.2, 0.25) is 0 Å². The normalized spacial score (nSPS) is 25.6. The summed E-state index contributed by atoms with van der Waals surface area (Å²) in [6, 6.07) is 7.23. The summed E-state index contributed by atoms with van der Waals surface area (Å²) in [4.78, 5) is 10.5. The standard InChI is InChI=1S/C10H11NO2/c11-9-5-8(9)6-1-3-7(4-2-6)10(12)13/h1-4,8-9H,5,11H2,(H,12,13)/t8-,9+/m0/s1. The molecule has 1 aliphatic carbocycles. The molecule has 1 saturated carbocycles. The van der Waals surface area contributed by atoms with Crippen LogP contribution in [0.4, 0.5) is 0 Å². The maximum Gasteiger partial charge on any atom is 0.335 e. The van der Waals surface area contributed by atoms with E-state index in [0.29, 0.717) is 11.5 Å². The van der Waals surface area contributed by atoms with Gasteiger partial charge in [-0.3, -0.25) is 0 Å². The molecule has 1 aliphatic rings. The van der Waals surface area contributed by atoms with E-state index in [2.05, 4.69) is 0 Å². The Balaban J connectivity index is 2.19. The molecule has 0 unspecified atom stereocenters. The number of rotatable bonds is 2. The summed E-state index contributed by atoms with van der Waals surface area (Å²) in [5.74, 6) is -0.436. The van der Waals surface area contributed by atoms with Crippen LogP contribution >= 0.6 is 0 Å². The van der Waals surface area contributed by atoms with Gasteiger partial charge >= 0.3 is 5.97 Å². The quantitative estimate of drug-likeness (QED) is 0.713. The highest BCUT2D eigenvalue weighted by molar-refractivity contribution is 5.87. The number of benzene rings is 1. The molecule has 0 aliphatic heterocycles. The number of hydrogen-bond acceptors (Lipinski definition) is 2. The summed E-state index contributed by atoms with van der Waals surface area (Å²) in [5, 5.41) is 8.66. The molecular formula is C10H11NO2. The molecule has 0 aromatic heterocycles. The van der Waals surface area contributed by atoms with Gasteiger partial charge in [-0.05, 0) is 24.1 Å².